The van der Waals surface area contributed by atoms with Crippen LogP contribution in [0.4, 0.5) is 0 Å². The first kappa shape index (κ1) is 12.6. The lowest BCUT2D eigenvalue weighted by Gasteiger charge is -2.18. The Hall–Kier alpha value is -0.880. The van der Waals surface area contributed by atoms with Crippen molar-refractivity contribution in [3.8, 4) is 0 Å². The maximum atomic E-state index is 11.9. The van der Waals surface area contributed by atoms with Gasteiger partial charge >= 0.3 is 0 Å². The molecule has 1 saturated heterocycles. The van der Waals surface area contributed by atoms with Crippen LogP contribution in [0.3, 0.4) is 0 Å². The number of thiophene rings is 1. The number of rotatable bonds is 3. The summed E-state index contributed by atoms with van der Waals surface area (Å²) in [7, 11) is 1.68. The van der Waals surface area contributed by atoms with Crippen molar-refractivity contribution < 1.29 is 9.59 Å². The molecule has 1 aliphatic rings. The van der Waals surface area contributed by atoms with Gasteiger partial charge < -0.3 is 10.2 Å². The van der Waals surface area contributed by atoms with E-state index in [2.05, 4.69) is 21.2 Å². The molecule has 0 radical (unpaired) electrons. The Labute approximate surface area is 112 Å². The van der Waals surface area contributed by atoms with Crippen LogP contribution in [0.5, 0.6) is 0 Å². The maximum Gasteiger partial charge on any atom is 0.243 e. The molecular formula is C11H13BrN2O2S. The molecule has 92 valence electrons. The van der Waals surface area contributed by atoms with Gasteiger partial charge in [0.1, 0.15) is 6.04 Å². The lowest BCUT2D eigenvalue weighted by atomic mass is 10.2. The molecule has 1 aliphatic heterocycles. The van der Waals surface area contributed by atoms with Crippen molar-refractivity contribution in [3.05, 3.63) is 20.8 Å². The van der Waals surface area contributed by atoms with Gasteiger partial charge in [-0.25, -0.2) is 0 Å². The quantitative estimate of drug-likeness (QED) is 0.923. The Morgan fingerprint density at radius 2 is 2.47 bits per heavy atom. The molecule has 0 bridgehead atoms. The molecule has 4 nitrogen and oxygen atoms in total. The van der Waals surface area contributed by atoms with Crippen LogP contribution in [0, 0.1) is 0 Å². The van der Waals surface area contributed by atoms with Crippen molar-refractivity contribution >= 4 is 39.1 Å². The zero-order valence-corrected chi connectivity index (χ0v) is 11.8. The first-order valence-corrected chi connectivity index (χ1v) is 7.02. The Balaban J connectivity index is 1.90. The van der Waals surface area contributed by atoms with E-state index in [9.17, 15) is 9.59 Å². The molecule has 1 aromatic heterocycles. The molecule has 2 amide bonds. The molecule has 2 heterocycles. The molecule has 0 aromatic carbocycles. The minimum atomic E-state index is -0.304. The molecule has 1 unspecified atom stereocenters. The topological polar surface area (TPSA) is 49.4 Å². The van der Waals surface area contributed by atoms with Crippen LogP contribution >= 0.6 is 27.3 Å². The normalized spacial score (nSPS) is 19.8. The second kappa shape index (κ2) is 5.18. The minimum absolute atomic E-state index is 0.0439. The fourth-order valence-corrected chi connectivity index (χ4v) is 3.28. The predicted octanol–water partition coefficient (Wildman–Crippen LogP) is 1.75. The van der Waals surface area contributed by atoms with Crippen molar-refractivity contribution in [1.29, 1.82) is 0 Å². The van der Waals surface area contributed by atoms with Crippen LogP contribution in [-0.2, 0) is 16.1 Å². The highest BCUT2D eigenvalue weighted by molar-refractivity contribution is 9.10. The van der Waals surface area contributed by atoms with Crippen LogP contribution in [0.25, 0.3) is 0 Å². The van der Waals surface area contributed by atoms with Gasteiger partial charge in [-0.05, 0) is 33.8 Å². The second-order valence-electron chi connectivity index (χ2n) is 3.97. The van der Waals surface area contributed by atoms with E-state index in [1.807, 2.05) is 11.4 Å². The number of amides is 2. The smallest absolute Gasteiger partial charge is 0.243 e. The van der Waals surface area contributed by atoms with E-state index in [0.717, 1.165) is 9.35 Å². The van der Waals surface area contributed by atoms with Gasteiger partial charge in [-0.2, -0.15) is 0 Å². The largest absolute Gasteiger partial charge is 0.349 e. The van der Waals surface area contributed by atoms with Crippen molar-refractivity contribution in [2.24, 2.45) is 0 Å². The summed E-state index contributed by atoms with van der Waals surface area (Å²) in [4.78, 5) is 25.8. The molecule has 6 heteroatoms. The SMILES string of the molecule is CN1C(=O)CCC1C(=O)NCc1sccc1Br. The molecule has 0 aliphatic carbocycles. The fraction of sp³-hybridized carbons (Fsp3) is 0.455. The third kappa shape index (κ3) is 2.69. The molecule has 1 N–H and O–H groups in total. The summed E-state index contributed by atoms with van der Waals surface area (Å²) in [5.74, 6) is -0.0268. The van der Waals surface area contributed by atoms with E-state index < -0.39 is 0 Å². The summed E-state index contributed by atoms with van der Waals surface area (Å²) in [6.45, 7) is 0.510. The highest BCUT2D eigenvalue weighted by atomic mass is 79.9. The van der Waals surface area contributed by atoms with E-state index in [1.165, 1.54) is 4.90 Å². The predicted molar refractivity (Wildman–Crippen MR) is 69.7 cm³/mol. The molecule has 0 saturated carbocycles. The first-order valence-electron chi connectivity index (χ1n) is 5.35. The molecule has 1 aromatic rings. The van der Waals surface area contributed by atoms with Crippen LogP contribution in [-0.4, -0.2) is 29.8 Å². The number of likely N-dealkylation sites (tertiary alicyclic amines) is 1. The van der Waals surface area contributed by atoms with Crippen molar-refractivity contribution in [1.82, 2.24) is 10.2 Å². The number of carbonyl (C=O) groups excluding carboxylic acids is 2. The standard InChI is InChI=1S/C11H13BrN2O2S/c1-14-8(2-3-10(14)15)11(16)13-6-9-7(12)4-5-17-9/h4-5,8H,2-3,6H2,1H3,(H,13,16). The summed E-state index contributed by atoms with van der Waals surface area (Å²) < 4.78 is 1.01. The summed E-state index contributed by atoms with van der Waals surface area (Å²) in [5, 5.41) is 4.84. The molecule has 0 spiro atoms. The lowest BCUT2D eigenvalue weighted by Crippen LogP contribution is -2.42. The van der Waals surface area contributed by atoms with E-state index in [4.69, 9.17) is 0 Å². The Kier molecular flexibility index (Phi) is 3.83. The number of nitrogens with one attached hydrogen (secondary N) is 1. The van der Waals surface area contributed by atoms with Gasteiger partial charge in [0.25, 0.3) is 0 Å². The van der Waals surface area contributed by atoms with Gasteiger partial charge in [-0.3, -0.25) is 9.59 Å². The van der Waals surface area contributed by atoms with Crippen molar-refractivity contribution in [2.45, 2.75) is 25.4 Å². The lowest BCUT2D eigenvalue weighted by molar-refractivity contribution is -0.133. The van der Waals surface area contributed by atoms with E-state index in [0.29, 0.717) is 19.4 Å². The molecular weight excluding hydrogens is 304 g/mol. The van der Waals surface area contributed by atoms with E-state index in [1.54, 1.807) is 18.4 Å². The van der Waals surface area contributed by atoms with Gasteiger partial charge in [0.05, 0.1) is 6.54 Å². The third-order valence-electron chi connectivity index (χ3n) is 2.91. The molecule has 17 heavy (non-hydrogen) atoms. The summed E-state index contributed by atoms with van der Waals surface area (Å²) in [6, 6.07) is 1.65. The van der Waals surface area contributed by atoms with Gasteiger partial charge in [0.15, 0.2) is 0 Å². The van der Waals surface area contributed by atoms with Crippen molar-refractivity contribution in [2.75, 3.05) is 7.05 Å². The van der Waals surface area contributed by atoms with E-state index in [-0.39, 0.29) is 17.9 Å². The summed E-state index contributed by atoms with van der Waals surface area (Å²) in [5.41, 5.74) is 0. The maximum absolute atomic E-state index is 11.9. The average Bonchev–Trinajstić information content (AvgIpc) is 2.84. The van der Waals surface area contributed by atoms with Crippen LogP contribution < -0.4 is 5.32 Å². The number of nitrogens with zero attached hydrogens (tertiary/aromatic N) is 1. The molecule has 1 atom stereocenters. The second-order valence-corrected chi connectivity index (χ2v) is 5.82. The van der Waals surface area contributed by atoms with Gasteiger partial charge in [0, 0.05) is 22.8 Å². The minimum Gasteiger partial charge on any atom is -0.349 e. The Morgan fingerprint density at radius 3 is 3.00 bits per heavy atom. The zero-order chi connectivity index (χ0) is 12.4. The van der Waals surface area contributed by atoms with E-state index >= 15 is 0 Å². The van der Waals surface area contributed by atoms with Gasteiger partial charge in [-0.1, -0.05) is 0 Å². The highest BCUT2D eigenvalue weighted by Crippen LogP contribution is 2.22. The summed E-state index contributed by atoms with van der Waals surface area (Å²) >= 11 is 5.01. The van der Waals surface area contributed by atoms with Crippen LogP contribution in [0.1, 0.15) is 17.7 Å². The molecule has 2 rings (SSSR count). The first-order chi connectivity index (χ1) is 8.09. The highest BCUT2D eigenvalue weighted by Gasteiger charge is 2.32. The van der Waals surface area contributed by atoms with Crippen LogP contribution in [0.15, 0.2) is 15.9 Å². The average molecular weight is 317 g/mol. The Bertz CT molecular complexity index is 446. The number of halogens is 1. The van der Waals surface area contributed by atoms with Crippen molar-refractivity contribution in [3.63, 3.8) is 0 Å². The number of likely N-dealkylation sites (N-methyl/N-ethyl adjacent to an activating group) is 1. The number of hydrogen-bond acceptors (Lipinski definition) is 3. The number of carbonyl (C=O) groups is 2. The van der Waals surface area contributed by atoms with Crippen LogP contribution in [0.2, 0.25) is 0 Å². The Morgan fingerprint density at radius 1 is 1.71 bits per heavy atom. The zero-order valence-electron chi connectivity index (χ0n) is 9.40. The van der Waals surface area contributed by atoms with Gasteiger partial charge in [0.2, 0.25) is 11.8 Å². The molecule has 1 fully saturated rings. The monoisotopic (exact) mass is 316 g/mol. The summed E-state index contributed by atoms with van der Waals surface area (Å²) in [6.07, 6.45) is 1.09. The number of hydrogen-bond donors (Lipinski definition) is 1. The van der Waals surface area contributed by atoms with Gasteiger partial charge in [-0.15, -0.1) is 11.3 Å². The third-order valence-corrected chi connectivity index (χ3v) is 4.84. The fourth-order valence-electron chi connectivity index (χ4n) is 1.85.